The molecule has 7 aromatic carbocycles. The van der Waals surface area contributed by atoms with Crippen LogP contribution in [0.25, 0.3) is 66.5 Å². The van der Waals surface area contributed by atoms with Crippen molar-refractivity contribution in [2.24, 2.45) is 0 Å². The van der Waals surface area contributed by atoms with E-state index in [1.54, 1.807) is 0 Å². The van der Waals surface area contributed by atoms with Crippen molar-refractivity contribution in [1.82, 2.24) is 4.98 Å². The van der Waals surface area contributed by atoms with Gasteiger partial charge in [-0.2, -0.15) is 0 Å². The van der Waals surface area contributed by atoms with Gasteiger partial charge in [0.05, 0.1) is 5.69 Å². The standard InChI is InChI=1S/C54H47N/c1-54(2)50-31-28-40-20-10-11-26-48(40)53(50)49-30-27-46(36-51(49)54)52-32-29-47(37-55-52)45-25-14-24-44(35-45)43-23-13-22-42(34-43)41-21-12-19-39(33-41)18-7-4-3-6-15-38-16-8-5-9-17-38/h5,8-14,16-17,19-37H,3-4,6-7,15,18H2,1-2H3. The number of hydrogen-bond donors (Lipinski definition) is 0. The van der Waals surface area contributed by atoms with E-state index in [9.17, 15) is 0 Å². The molecule has 1 aliphatic rings. The fraction of sp³-hybridized carbons (Fsp3) is 0.167. The normalized spacial score (nSPS) is 12.8. The zero-order valence-electron chi connectivity index (χ0n) is 31.9. The molecule has 0 aliphatic heterocycles. The number of rotatable bonds is 11. The SMILES string of the molecule is CC1(C)c2cc(-c3ccc(-c4cccc(-c5cccc(-c6cccc(CCCCCCc7ccccc7)c6)c5)c4)cn3)ccc2-c2c1ccc1ccccc21. The highest BCUT2D eigenvalue weighted by molar-refractivity contribution is 6.02. The Morgan fingerprint density at radius 2 is 1.02 bits per heavy atom. The Labute approximate surface area is 326 Å². The number of aryl methyl sites for hydroxylation is 2. The van der Waals surface area contributed by atoms with Crippen molar-refractivity contribution < 1.29 is 0 Å². The van der Waals surface area contributed by atoms with Crippen LogP contribution in [0, 0.1) is 0 Å². The summed E-state index contributed by atoms with van der Waals surface area (Å²) in [5.41, 5.74) is 17.7. The van der Waals surface area contributed by atoms with Gasteiger partial charge in [0, 0.05) is 22.7 Å². The Kier molecular flexibility index (Phi) is 9.46. The second-order valence-corrected chi connectivity index (χ2v) is 15.8. The van der Waals surface area contributed by atoms with Crippen LogP contribution in [-0.4, -0.2) is 4.98 Å². The average molecular weight is 710 g/mol. The predicted molar refractivity (Wildman–Crippen MR) is 233 cm³/mol. The molecule has 1 heterocycles. The number of aromatic nitrogens is 1. The first-order valence-corrected chi connectivity index (χ1v) is 20.0. The number of pyridine rings is 1. The highest BCUT2D eigenvalue weighted by atomic mass is 14.7. The van der Waals surface area contributed by atoms with Crippen LogP contribution in [0.4, 0.5) is 0 Å². The van der Waals surface area contributed by atoms with E-state index < -0.39 is 0 Å². The lowest BCUT2D eigenvalue weighted by Crippen LogP contribution is -2.15. The smallest absolute Gasteiger partial charge is 0.0702 e. The van der Waals surface area contributed by atoms with E-state index >= 15 is 0 Å². The van der Waals surface area contributed by atoms with Crippen molar-refractivity contribution in [1.29, 1.82) is 0 Å². The summed E-state index contributed by atoms with van der Waals surface area (Å²) in [7, 11) is 0. The summed E-state index contributed by atoms with van der Waals surface area (Å²) in [5.74, 6) is 0. The molecule has 1 aliphatic carbocycles. The molecule has 1 heteroatoms. The van der Waals surface area contributed by atoms with Crippen molar-refractivity contribution in [3.63, 3.8) is 0 Å². The summed E-state index contributed by atoms with van der Waals surface area (Å²) in [5, 5.41) is 2.62. The van der Waals surface area contributed by atoms with Gasteiger partial charge in [-0.1, -0.05) is 172 Å². The maximum atomic E-state index is 5.01. The van der Waals surface area contributed by atoms with Crippen molar-refractivity contribution in [3.8, 4) is 55.8 Å². The lowest BCUT2D eigenvalue weighted by Gasteiger charge is -2.22. The van der Waals surface area contributed by atoms with Crippen LogP contribution < -0.4 is 0 Å². The number of hydrogen-bond acceptors (Lipinski definition) is 1. The maximum Gasteiger partial charge on any atom is 0.0702 e. The molecule has 9 rings (SSSR count). The lowest BCUT2D eigenvalue weighted by atomic mass is 9.81. The van der Waals surface area contributed by atoms with Gasteiger partial charge < -0.3 is 0 Å². The fourth-order valence-corrected chi connectivity index (χ4v) is 8.72. The number of benzene rings is 7. The molecule has 8 aromatic rings. The van der Waals surface area contributed by atoms with Gasteiger partial charge in [0.1, 0.15) is 0 Å². The molecule has 0 amide bonds. The third-order valence-electron chi connectivity index (χ3n) is 11.8. The number of unbranched alkanes of at least 4 members (excludes halogenated alkanes) is 3. The number of nitrogens with zero attached hydrogens (tertiary/aromatic N) is 1. The predicted octanol–water partition coefficient (Wildman–Crippen LogP) is 14.6. The molecule has 0 N–H and O–H groups in total. The molecule has 268 valence electrons. The first-order chi connectivity index (χ1) is 27.0. The van der Waals surface area contributed by atoms with Crippen molar-refractivity contribution >= 4 is 10.8 Å². The van der Waals surface area contributed by atoms with Crippen LogP contribution in [0.2, 0.25) is 0 Å². The second kappa shape index (κ2) is 15.0. The van der Waals surface area contributed by atoms with E-state index in [0.29, 0.717) is 0 Å². The molecule has 1 nitrogen and oxygen atoms in total. The highest BCUT2D eigenvalue weighted by Gasteiger charge is 2.36. The van der Waals surface area contributed by atoms with Gasteiger partial charge in [0.25, 0.3) is 0 Å². The van der Waals surface area contributed by atoms with Crippen molar-refractivity contribution in [2.75, 3.05) is 0 Å². The van der Waals surface area contributed by atoms with Crippen LogP contribution in [0.3, 0.4) is 0 Å². The summed E-state index contributed by atoms with van der Waals surface area (Å²) >= 11 is 0. The van der Waals surface area contributed by atoms with Crippen LogP contribution in [-0.2, 0) is 18.3 Å². The van der Waals surface area contributed by atoms with E-state index in [4.69, 9.17) is 4.98 Å². The van der Waals surface area contributed by atoms with Crippen LogP contribution in [0.1, 0.15) is 61.8 Å². The molecule has 1 aromatic heterocycles. The minimum absolute atomic E-state index is 0.0754. The summed E-state index contributed by atoms with van der Waals surface area (Å²) in [6.07, 6.45) is 9.41. The molecule has 0 radical (unpaired) electrons. The van der Waals surface area contributed by atoms with Crippen molar-refractivity contribution in [2.45, 2.75) is 57.8 Å². The van der Waals surface area contributed by atoms with Crippen LogP contribution >= 0.6 is 0 Å². The van der Waals surface area contributed by atoms with Crippen molar-refractivity contribution in [3.05, 3.63) is 198 Å². The Morgan fingerprint density at radius 1 is 0.418 bits per heavy atom. The number of fused-ring (bicyclic) bond motifs is 5. The highest BCUT2D eigenvalue weighted by Crippen LogP contribution is 2.52. The van der Waals surface area contributed by atoms with Gasteiger partial charge in [0.2, 0.25) is 0 Å². The molecule has 0 bridgehead atoms. The van der Waals surface area contributed by atoms with Gasteiger partial charge in [-0.05, 0) is 122 Å². The second-order valence-electron chi connectivity index (χ2n) is 15.8. The largest absolute Gasteiger partial charge is 0.256 e. The third kappa shape index (κ3) is 7.04. The Morgan fingerprint density at radius 3 is 1.73 bits per heavy atom. The van der Waals surface area contributed by atoms with E-state index in [2.05, 4.69) is 184 Å². The quantitative estimate of drug-likeness (QED) is 0.122. The Bertz CT molecular complexity index is 2610. The molecule has 55 heavy (non-hydrogen) atoms. The zero-order valence-corrected chi connectivity index (χ0v) is 31.9. The molecular formula is C54H47N. The topological polar surface area (TPSA) is 12.9 Å². The van der Waals surface area contributed by atoms with E-state index in [-0.39, 0.29) is 5.41 Å². The Balaban J connectivity index is 0.889. The molecule has 0 spiro atoms. The first-order valence-electron chi connectivity index (χ1n) is 20.0. The summed E-state index contributed by atoms with van der Waals surface area (Å²) in [6.45, 7) is 4.70. The van der Waals surface area contributed by atoms with E-state index in [1.165, 1.54) is 104 Å². The molecule has 0 saturated heterocycles. The monoisotopic (exact) mass is 709 g/mol. The molecule has 0 saturated carbocycles. The van der Waals surface area contributed by atoms with Gasteiger partial charge in [-0.15, -0.1) is 0 Å². The zero-order chi connectivity index (χ0) is 37.2. The Hall–Kier alpha value is -6.05. The lowest BCUT2D eigenvalue weighted by molar-refractivity contribution is 0.640. The summed E-state index contributed by atoms with van der Waals surface area (Å²) in [6, 6.07) is 62.5. The fourth-order valence-electron chi connectivity index (χ4n) is 8.72. The van der Waals surface area contributed by atoms with Gasteiger partial charge in [-0.3, -0.25) is 4.98 Å². The molecular weight excluding hydrogens is 663 g/mol. The van der Waals surface area contributed by atoms with Gasteiger partial charge in [0.15, 0.2) is 0 Å². The minimum atomic E-state index is -0.0754. The minimum Gasteiger partial charge on any atom is -0.256 e. The molecule has 0 atom stereocenters. The van der Waals surface area contributed by atoms with Crippen LogP contribution in [0.5, 0.6) is 0 Å². The summed E-state index contributed by atoms with van der Waals surface area (Å²) < 4.78 is 0. The third-order valence-corrected chi connectivity index (χ3v) is 11.8. The van der Waals surface area contributed by atoms with E-state index in [1.807, 2.05) is 6.20 Å². The van der Waals surface area contributed by atoms with Crippen LogP contribution in [0.15, 0.2) is 176 Å². The van der Waals surface area contributed by atoms with Gasteiger partial charge in [-0.25, -0.2) is 0 Å². The molecule has 0 unspecified atom stereocenters. The molecule has 0 fully saturated rings. The average Bonchev–Trinajstić information content (AvgIpc) is 3.48. The summed E-state index contributed by atoms with van der Waals surface area (Å²) in [4.78, 5) is 5.01. The maximum absolute atomic E-state index is 5.01. The van der Waals surface area contributed by atoms with E-state index in [0.717, 1.165) is 23.2 Å². The first kappa shape index (κ1) is 34.7. The van der Waals surface area contributed by atoms with Gasteiger partial charge >= 0.3 is 0 Å².